The molecule has 96 valence electrons. The topological polar surface area (TPSA) is 64.9 Å². The van der Waals surface area contributed by atoms with Crippen molar-refractivity contribution in [1.82, 2.24) is 10.1 Å². The number of nitrogens with zero attached hydrogens (tertiary/aromatic N) is 2. The van der Waals surface area contributed by atoms with Crippen molar-refractivity contribution in [3.05, 3.63) is 28.6 Å². The minimum absolute atomic E-state index is 0.259. The lowest BCUT2D eigenvalue weighted by Gasteiger charge is -2.07. The lowest BCUT2D eigenvalue weighted by atomic mass is 10.2. The van der Waals surface area contributed by atoms with Gasteiger partial charge in [-0.25, -0.2) is 0 Å². The van der Waals surface area contributed by atoms with Crippen molar-refractivity contribution < 1.29 is 4.52 Å². The molecule has 0 radical (unpaired) electrons. The maximum atomic E-state index is 5.44. The van der Waals surface area contributed by atoms with Gasteiger partial charge in [0.15, 0.2) is 0 Å². The molecule has 0 spiro atoms. The second kappa shape index (κ2) is 5.86. The van der Waals surface area contributed by atoms with Gasteiger partial charge < -0.3 is 10.3 Å². The minimum Gasteiger partial charge on any atom is -0.338 e. The molecule has 0 amide bonds. The standard InChI is InChI=1S/C12H14BrN3OS/c1-7(2)18-10-4-3-8(5-9(10)13)12-15-11(6-14)17-16-12/h3-5,7H,6,14H2,1-2H3. The van der Waals surface area contributed by atoms with Gasteiger partial charge in [0.05, 0.1) is 6.54 Å². The van der Waals surface area contributed by atoms with E-state index in [1.807, 2.05) is 23.9 Å². The minimum atomic E-state index is 0.259. The first-order chi connectivity index (χ1) is 8.60. The van der Waals surface area contributed by atoms with Gasteiger partial charge >= 0.3 is 0 Å². The summed E-state index contributed by atoms with van der Waals surface area (Å²) in [6, 6.07) is 6.04. The Bertz CT molecular complexity index is 542. The number of aromatic nitrogens is 2. The van der Waals surface area contributed by atoms with Crippen molar-refractivity contribution in [1.29, 1.82) is 0 Å². The van der Waals surface area contributed by atoms with E-state index in [1.54, 1.807) is 0 Å². The highest BCUT2D eigenvalue weighted by Crippen LogP contribution is 2.33. The van der Waals surface area contributed by atoms with Crippen molar-refractivity contribution in [2.75, 3.05) is 0 Å². The van der Waals surface area contributed by atoms with E-state index < -0.39 is 0 Å². The highest BCUT2D eigenvalue weighted by atomic mass is 79.9. The number of hydrogen-bond donors (Lipinski definition) is 1. The number of halogens is 1. The molecule has 6 heteroatoms. The summed E-state index contributed by atoms with van der Waals surface area (Å²) >= 11 is 5.37. The molecule has 18 heavy (non-hydrogen) atoms. The van der Waals surface area contributed by atoms with E-state index in [2.05, 4.69) is 46.0 Å². The third-order valence-corrected chi connectivity index (χ3v) is 4.20. The normalized spacial score (nSPS) is 11.2. The number of benzene rings is 1. The van der Waals surface area contributed by atoms with Gasteiger partial charge in [-0.2, -0.15) is 4.98 Å². The highest BCUT2D eigenvalue weighted by molar-refractivity contribution is 9.10. The molecule has 2 aromatic rings. The first-order valence-corrected chi connectivity index (χ1v) is 7.26. The molecular weight excluding hydrogens is 314 g/mol. The van der Waals surface area contributed by atoms with E-state index in [4.69, 9.17) is 10.3 Å². The summed E-state index contributed by atoms with van der Waals surface area (Å²) in [7, 11) is 0. The smallest absolute Gasteiger partial charge is 0.240 e. The van der Waals surface area contributed by atoms with Gasteiger partial charge in [0.2, 0.25) is 11.7 Å². The third kappa shape index (κ3) is 3.13. The van der Waals surface area contributed by atoms with Crippen LogP contribution in [0.25, 0.3) is 11.4 Å². The van der Waals surface area contributed by atoms with Crippen LogP contribution >= 0.6 is 27.7 Å². The van der Waals surface area contributed by atoms with Crippen LogP contribution in [0.5, 0.6) is 0 Å². The van der Waals surface area contributed by atoms with E-state index in [9.17, 15) is 0 Å². The molecule has 0 atom stereocenters. The Morgan fingerprint density at radius 2 is 2.22 bits per heavy atom. The zero-order valence-corrected chi connectivity index (χ0v) is 12.6. The molecule has 1 heterocycles. The zero-order valence-electron chi connectivity index (χ0n) is 10.2. The summed E-state index contributed by atoms with van der Waals surface area (Å²) in [6.45, 7) is 4.59. The molecule has 4 nitrogen and oxygen atoms in total. The van der Waals surface area contributed by atoms with Crippen LogP contribution < -0.4 is 5.73 Å². The van der Waals surface area contributed by atoms with Crippen molar-refractivity contribution >= 4 is 27.7 Å². The van der Waals surface area contributed by atoms with E-state index in [-0.39, 0.29) is 6.54 Å². The average molecular weight is 328 g/mol. The van der Waals surface area contributed by atoms with Crippen LogP contribution in [-0.2, 0) is 6.54 Å². The fraction of sp³-hybridized carbons (Fsp3) is 0.333. The van der Waals surface area contributed by atoms with Gasteiger partial charge in [0, 0.05) is 20.2 Å². The van der Waals surface area contributed by atoms with Crippen LogP contribution in [-0.4, -0.2) is 15.4 Å². The number of rotatable bonds is 4. The molecule has 0 aliphatic rings. The summed E-state index contributed by atoms with van der Waals surface area (Å²) in [5.74, 6) is 1.01. The summed E-state index contributed by atoms with van der Waals surface area (Å²) < 4.78 is 6.04. The monoisotopic (exact) mass is 327 g/mol. The molecular formula is C12H14BrN3OS. The molecule has 2 rings (SSSR count). The SMILES string of the molecule is CC(C)Sc1ccc(-c2noc(CN)n2)cc1Br. The Kier molecular flexibility index (Phi) is 4.42. The Morgan fingerprint density at radius 1 is 1.44 bits per heavy atom. The summed E-state index contributed by atoms with van der Waals surface area (Å²) in [6.07, 6.45) is 0. The predicted molar refractivity (Wildman–Crippen MR) is 76.3 cm³/mol. The Hall–Kier alpha value is -0.850. The van der Waals surface area contributed by atoms with E-state index in [1.165, 1.54) is 4.90 Å². The van der Waals surface area contributed by atoms with E-state index in [0.717, 1.165) is 10.0 Å². The maximum absolute atomic E-state index is 5.44. The molecule has 0 saturated carbocycles. The predicted octanol–water partition coefficient (Wildman–Crippen LogP) is 3.46. The van der Waals surface area contributed by atoms with Crippen molar-refractivity contribution in [2.24, 2.45) is 5.73 Å². The molecule has 0 aliphatic carbocycles. The molecule has 0 unspecified atom stereocenters. The summed E-state index contributed by atoms with van der Waals surface area (Å²) in [5, 5.41) is 4.44. The van der Waals surface area contributed by atoms with Gasteiger partial charge in [-0.3, -0.25) is 0 Å². The van der Waals surface area contributed by atoms with Crippen LogP contribution in [0.4, 0.5) is 0 Å². The fourth-order valence-electron chi connectivity index (χ4n) is 1.44. The Morgan fingerprint density at radius 3 is 2.78 bits per heavy atom. The van der Waals surface area contributed by atoms with Crippen molar-refractivity contribution in [2.45, 2.75) is 30.5 Å². The van der Waals surface area contributed by atoms with E-state index >= 15 is 0 Å². The van der Waals surface area contributed by atoms with Gasteiger partial charge in [0.25, 0.3) is 0 Å². The maximum Gasteiger partial charge on any atom is 0.240 e. The zero-order chi connectivity index (χ0) is 13.1. The molecule has 0 fully saturated rings. The third-order valence-electron chi connectivity index (χ3n) is 2.20. The Balaban J connectivity index is 2.28. The summed E-state index contributed by atoms with van der Waals surface area (Å²) in [5.41, 5.74) is 6.36. The van der Waals surface area contributed by atoms with Gasteiger partial charge in [-0.05, 0) is 34.1 Å². The first-order valence-electron chi connectivity index (χ1n) is 5.59. The Labute approximate surface area is 118 Å². The van der Waals surface area contributed by atoms with Crippen molar-refractivity contribution in [3.8, 4) is 11.4 Å². The van der Waals surface area contributed by atoms with E-state index in [0.29, 0.717) is 17.0 Å². The van der Waals surface area contributed by atoms with Crippen LogP contribution in [0.3, 0.4) is 0 Å². The van der Waals surface area contributed by atoms with Gasteiger partial charge in [0.1, 0.15) is 0 Å². The highest BCUT2D eigenvalue weighted by Gasteiger charge is 2.10. The second-order valence-electron chi connectivity index (χ2n) is 4.03. The molecule has 0 bridgehead atoms. The lowest BCUT2D eigenvalue weighted by Crippen LogP contribution is -1.95. The number of nitrogens with two attached hydrogens (primary N) is 1. The largest absolute Gasteiger partial charge is 0.338 e. The first kappa shape index (κ1) is 13.6. The van der Waals surface area contributed by atoms with Gasteiger partial charge in [-0.15, -0.1) is 11.8 Å². The fourth-order valence-corrected chi connectivity index (χ4v) is 2.93. The average Bonchev–Trinajstić information content (AvgIpc) is 2.80. The molecule has 2 N–H and O–H groups in total. The molecule has 0 aliphatic heterocycles. The van der Waals surface area contributed by atoms with Crippen LogP contribution in [0.15, 0.2) is 32.1 Å². The second-order valence-corrected chi connectivity index (χ2v) is 6.50. The molecule has 1 aromatic heterocycles. The number of thioether (sulfide) groups is 1. The number of hydrogen-bond acceptors (Lipinski definition) is 5. The van der Waals surface area contributed by atoms with Crippen LogP contribution in [0.2, 0.25) is 0 Å². The lowest BCUT2D eigenvalue weighted by molar-refractivity contribution is 0.380. The summed E-state index contributed by atoms with van der Waals surface area (Å²) in [4.78, 5) is 5.41. The van der Waals surface area contributed by atoms with Crippen LogP contribution in [0.1, 0.15) is 19.7 Å². The van der Waals surface area contributed by atoms with Gasteiger partial charge in [-0.1, -0.05) is 19.0 Å². The van der Waals surface area contributed by atoms with Crippen LogP contribution in [0, 0.1) is 0 Å². The molecule has 1 aromatic carbocycles. The molecule has 0 saturated heterocycles. The quantitative estimate of drug-likeness (QED) is 0.871. The van der Waals surface area contributed by atoms with Crippen molar-refractivity contribution in [3.63, 3.8) is 0 Å².